The summed E-state index contributed by atoms with van der Waals surface area (Å²) in [6.45, 7) is 3.63. The fraction of sp³-hybridized carbons (Fsp3) is 0.571. The summed E-state index contributed by atoms with van der Waals surface area (Å²) in [6.07, 6.45) is 6.57. The molecule has 19 heavy (non-hydrogen) atoms. The van der Waals surface area contributed by atoms with E-state index in [0.29, 0.717) is 11.6 Å². The van der Waals surface area contributed by atoms with E-state index in [2.05, 4.69) is 9.88 Å². The number of piperidine rings is 1. The van der Waals surface area contributed by atoms with Crippen LogP contribution in [0.5, 0.6) is 5.75 Å². The Bertz CT molecular complexity index is 478. The Balaban J connectivity index is 1.73. The summed E-state index contributed by atoms with van der Waals surface area (Å²) in [4.78, 5) is 20.6. The normalized spacial score (nSPS) is 24.0. The molecule has 2 aliphatic heterocycles. The number of aromatic hydroxyl groups is 1. The van der Waals surface area contributed by atoms with Gasteiger partial charge in [-0.2, -0.15) is 0 Å². The average Bonchev–Trinajstić information content (AvgIpc) is 2.46. The first-order chi connectivity index (χ1) is 9.25. The second-order valence-corrected chi connectivity index (χ2v) is 5.33. The molecule has 0 bridgehead atoms. The third-order valence-corrected chi connectivity index (χ3v) is 4.16. The molecule has 1 aromatic rings. The maximum Gasteiger partial charge on any atom is 0.257 e. The highest BCUT2D eigenvalue weighted by molar-refractivity contribution is 5.96. The largest absolute Gasteiger partial charge is 0.505 e. The fourth-order valence-corrected chi connectivity index (χ4v) is 3.08. The zero-order valence-corrected chi connectivity index (χ0v) is 11.0. The van der Waals surface area contributed by atoms with Crippen molar-refractivity contribution in [2.24, 2.45) is 0 Å². The Morgan fingerprint density at radius 3 is 3.05 bits per heavy atom. The van der Waals surface area contributed by atoms with Gasteiger partial charge in [-0.05, 0) is 25.5 Å². The molecule has 1 amide bonds. The van der Waals surface area contributed by atoms with E-state index < -0.39 is 0 Å². The Labute approximate surface area is 112 Å². The van der Waals surface area contributed by atoms with Gasteiger partial charge in [0.25, 0.3) is 5.91 Å². The number of hydrogen-bond acceptors (Lipinski definition) is 4. The first-order valence-corrected chi connectivity index (χ1v) is 6.92. The van der Waals surface area contributed by atoms with Crippen molar-refractivity contribution in [3.8, 4) is 5.75 Å². The monoisotopic (exact) mass is 261 g/mol. The zero-order chi connectivity index (χ0) is 13.2. The van der Waals surface area contributed by atoms with Crippen LogP contribution >= 0.6 is 0 Å². The first kappa shape index (κ1) is 12.4. The highest BCUT2D eigenvalue weighted by Crippen LogP contribution is 2.23. The molecule has 2 saturated heterocycles. The van der Waals surface area contributed by atoms with Gasteiger partial charge in [-0.15, -0.1) is 0 Å². The van der Waals surface area contributed by atoms with Crippen LogP contribution in [-0.4, -0.2) is 58.0 Å². The number of nitrogens with zero attached hydrogens (tertiary/aromatic N) is 3. The Morgan fingerprint density at radius 1 is 1.32 bits per heavy atom. The van der Waals surface area contributed by atoms with E-state index in [9.17, 15) is 9.90 Å². The van der Waals surface area contributed by atoms with Crippen molar-refractivity contribution in [3.63, 3.8) is 0 Å². The van der Waals surface area contributed by atoms with E-state index in [1.54, 1.807) is 12.3 Å². The number of aromatic nitrogens is 1. The van der Waals surface area contributed by atoms with Gasteiger partial charge < -0.3 is 10.0 Å². The third kappa shape index (κ3) is 2.42. The van der Waals surface area contributed by atoms with Gasteiger partial charge in [-0.1, -0.05) is 6.42 Å². The molecule has 5 heteroatoms. The van der Waals surface area contributed by atoms with Gasteiger partial charge in [-0.3, -0.25) is 14.7 Å². The number of hydrogen-bond donors (Lipinski definition) is 1. The van der Waals surface area contributed by atoms with Crippen LogP contribution in [0.3, 0.4) is 0 Å². The van der Waals surface area contributed by atoms with Gasteiger partial charge in [0.2, 0.25) is 0 Å². The minimum atomic E-state index is -0.0786. The second kappa shape index (κ2) is 5.17. The molecule has 3 rings (SSSR count). The molecule has 0 spiro atoms. The summed E-state index contributed by atoms with van der Waals surface area (Å²) in [7, 11) is 0. The number of amides is 1. The lowest BCUT2D eigenvalue weighted by molar-refractivity contribution is 0.0370. The zero-order valence-electron chi connectivity index (χ0n) is 11.0. The molecular formula is C14H19N3O2. The third-order valence-electron chi connectivity index (χ3n) is 4.16. The van der Waals surface area contributed by atoms with Crippen molar-refractivity contribution in [2.45, 2.75) is 25.3 Å². The van der Waals surface area contributed by atoms with E-state index in [0.717, 1.165) is 26.2 Å². The SMILES string of the molecule is O=C(c1ccncc1O)N1CCN2CCCCC2C1. The predicted octanol–water partition coefficient (Wildman–Crippen LogP) is 1.10. The highest BCUT2D eigenvalue weighted by atomic mass is 16.3. The van der Waals surface area contributed by atoms with Crippen LogP contribution in [-0.2, 0) is 0 Å². The Morgan fingerprint density at radius 2 is 2.21 bits per heavy atom. The molecule has 0 radical (unpaired) electrons. The van der Waals surface area contributed by atoms with Crippen molar-refractivity contribution in [2.75, 3.05) is 26.2 Å². The predicted molar refractivity (Wildman–Crippen MR) is 71.0 cm³/mol. The van der Waals surface area contributed by atoms with Crippen molar-refractivity contribution in [1.82, 2.24) is 14.8 Å². The molecule has 5 nitrogen and oxygen atoms in total. The highest BCUT2D eigenvalue weighted by Gasteiger charge is 2.31. The van der Waals surface area contributed by atoms with Crippen molar-refractivity contribution >= 4 is 5.91 Å². The molecule has 2 aliphatic rings. The average molecular weight is 261 g/mol. The fourth-order valence-electron chi connectivity index (χ4n) is 3.08. The summed E-state index contributed by atoms with van der Waals surface area (Å²) in [5, 5.41) is 9.72. The van der Waals surface area contributed by atoms with Gasteiger partial charge in [0.15, 0.2) is 0 Å². The number of pyridine rings is 1. The van der Waals surface area contributed by atoms with Crippen molar-refractivity contribution in [3.05, 3.63) is 24.0 Å². The van der Waals surface area contributed by atoms with Crippen LogP contribution in [0, 0.1) is 0 Å². The number of rotatable bonds is 1. The quantitative estimate of drug-likeness (QED) is 0.822. The minimum Gasteiger partial charge on any atom is -0.505 e. The molecule has 0 saturated carbocycles. The van der Waals surface area contributed by atoms with Crippen LogP contribution < -0.4 is 0 Å². The Kier molecular flexibility index (Phi) is 3.38. The lowest BCUT2D eigenvalue weighted by atomic mass is 9.99. The van der Waals surface area contributed by atoms with Gasteiger partial charge in [-0.25, -0.2) is 0 Å². The van der Waals surface area contributed by atoms with Gasteiger partial charge in [0, 0.05) is 31.9 Å². The maximum absolute atomic E-state index is 12.4. The minimum absolute atomic E-state index is 0.0291. The number of carbonyl (C=O) groups excluding carboxylic acids is 1. The molecule has 0 aromatic carbocycles. The number of fused-ring (bicyclic) bond motifs is 1. The molecule has 0 aliphatic carbocycles. The smallest absolute Gasteiger partial charge is 0.257 e. The Hall–Kier alpha value is -1.62. The molecule has 2 fully saturated rings. The van der Waals surface area contributed by atoms with E-state index in [-0.39, 0.29) is 11.7 Å². The molecule has 1 aromatic heterocycles. The van der Waals surface area contributed by atoms with E-state index >= 15 is 0 Å². The van der Waals surface area contributed by atoms with E-state index in [4.69, 9.17) is 0 Å². The van der Waals surface area contributed by atoms with Crippen molar-refractivity contribution < 1.29 is 9.90 Å². The summed E-state index contributed by atoms with van der Waals surface area (Å²) in [5.74, 6) is -0.108. The summed E-state index contributed by atoms with van der Waals surface area (Å²) < 4.78 is 0. The van der Waals surface area contributed by atoms with Crippen LogP contribution in [0.1, 0.15) is 29.6 Å². The summed E-state index contributed by atoms with van der Waals surface area (Å²) in [6, 6.07) is 2.08. The molecule has 3 heterocycles. The van der Waals surface area contributed by atoms with E-state index in [1.165, 1.54) is 25.5 Å². The number of carbonyl (C=O) groups is 1. The van der Waals surface area contributed by atoms with Crippen LogP contribution in [0.4, 0.5) is 0 Å². The van der Waals surface area contributed by atoms with Crippen LogP contribution in [0.2, 0.25) is 0 Å². The molecule has 1 N–H and O–H groups in total. The second-order valence-electron chi connectivity index (χ2n) is 5.33. The van der Waals surface area contributed by atoms with Crippen LogP contribution in [0.25, 0.3) is 0 Å². The number of piperazine rings is 1. The first-order valence-electron chi connectivity index (χ1n) is 6.92. The molecule has 1 unspecified atom stereocenters. The van der Waals surface area contributed by atoms with Gasteiger partial charge in [0.05, 0.1) is 11.8 Å². The summed E-state index contributed by atoms with van der Waals surface area (Å²) >= 11 is 0. The molecular weight excluding hydrogens is 242 g/mol. The summed E-state index contributed by atoms with van der Waals surface area (Å²) in [5.41, 5.74) is 0.360. The topological polar surface area (TPSA) is 56.7 Å². The van der Waals surface area contributed by atoms with Crippen LogP contribution in [0.15, 0.2) is 18.5 Å². The van der Waals surface area contributed by atoms with E-state index in [1.807, 2.05) is 4.90 Å². The molecule has 102 valence electrons. The molecule has 1 atom stereocenters. The van der Waals surface area contributed by atoms with Gasteiger partial charge in [0.1, 0.15) is 5.75 Å². The lowest BCUT2D eigenvalue weighted by Gasteiger charge is -2.44. The van der Waals surface area contributed by atoms with Gasteiger partial charge >= 0.3 is 0 Å². The standard InChI is InChI=1S/C14H19N3O2/c18-13-9-15-5-4-12(13)14(19)17-8-7-16-6-2-1-3-11(16)10-17/h4-5,9,11,18H,1-3,6-8,10H2. The van der Waals surface area contributed by atoms with Crippen molar-refractivity contribution in [1.29, 1.82) is 0 Å². The maximum atomic E-state index is 12.4. The lowest BCUT2D eigenvalue weighted by Crippen LogP contribution is -2.56.